The number of aryl methyl sites for hydroxylation is 1. The van der Waals surface area contributed by atoms with Crippen molar-refractivity contribution in [1.82, 2.24) is 14.5 Å². The summed E-state index contributed by atoms with van der Waals surface area (Å²) in [4.78, 5) is 28.3. The molecule has 1 aliphatic rings. The van der Waals surface area contributed by atoms with Crippen LogP contribution in [-0.4, -0.2) is 44.5 Å². The number of nitrogens with zero attached hydrogens (tertiary/aromatic N) is 3. The summed E-state index contributed by atoms with van der Waals surface area (Å²) in [6.45, 7) is 1.72. The van der Waals surface area contributed by atoms with Gasteiger partial charge in [-0.25, -0.2) is 4.98 Å². The molecule has 1 aromatic rings. The summed E-state index contributed by atoms with van der Waals surface area (Å²) in [6.07, 6.45) is 8.07. The van der Waals surface area contributed by atoms with Crippen LogP contribution >= 0.6 is 0 Å². The Labute approximate surface area is 112 Å². The first-order valence-electron chi connectivity index (χ1n) is 6.63. The van der Waals surface area contributed by atoms with Crippen molar-refractivity contribution in [3.8, 4) is 0 Å². The number of aromatic nitrogens is 2. The van der Waals surface area contributed by atoms with E-state index in [1.54, 1.807) is 17.4 Å². The highest BCUT2D eigenvalue weighted by molar-refractivity contribution is 5.81. The van der Waals surface area contributed by atoms with E-state index in [1.165, 1.54) is 0 Å². The molecule has 1 fully saturated rings. The maximum Gasteiger partial charge on any atom is 0.305 e. The largest absolute Gasteiger partial charge is 0.481 e. The standard InChI is InChI=1S/C13H19N3O3/c17-12(18)4-8-16(13(19)11-2-3-11)7-1-6-15-9-5-14-10-15/h5,9-11H,1-4,6-8H2,(H,17,18). The molecule has 2 rings (SSSR count). The molecule has 0 aliphatic heterocycles. The van der Waals surface area contributed by atoms with Gasteiger partial charge in [0.15, 0.2) is 0 Å². The zero-order chi connectivity index (χ0) is 13.7. The van der Waals surface area contributed by atoms with E-state index < -0.39 is 5.97 Å². The number of amides is 1. The fourth-order valence-corrected chi connectivity index (χ4v) is 2.01. The van der Waals surface area contributed by atoms with Gasteiger partial charge in [0.25, 0.3) is 0 Å². The molecule has 0 radical (unpaired) electrons. The van der Waals surface area contributed by atoms with Gasteiger partial charge < -0.3 is 14.6 Å². The zero-order valence-corrected chi connectivity index (χ0v) is 10.9. The first kappa shape index (κ1) is 13.6. The van der Waals surface area contributed by atoms with Gasteiger partial charge in [-0.05, 0) is 19.3 Å². The Balaban J connectivity index is 1.78. The average Bonchev–Trinajstić information content (AvgIpc) is 3.10. The summed E-state index contributed by atoms with van der Waals surface area (Å²) in [5.74, 6) is -0.600. The Hall–Kier alpha value is -1.85. The molecule has 0 saturated heterocycles. The van der Waals surface area contributed by atoms with Crippen molar-refractivity contribution in [2.24, 2.45) is 5.92 Å². The fraction of sp³-hybridized carbons (Fsp3) is 0.615. The van der Waals surface area contributed by atoms with Crippen LogP contribution in [0.3, 0.4) is 0 Å². The zero-order valence-electron chi connectivity index (χ0n) is 10.9. The van der Waals surface area contributed by atoms with Crippen LogP contribution in [0.5, 0.6) is 0 Å². The Kier molecular flexibility index (Phi) is 4.54. The van der Waals surface area contributed by atoms with E-state index in [0.29, 0.717) is 13.1 Å². The molecular formula is C13H19N3O3. The van der Waals surface area contributed by atoms with Crippen molar-refractivity contribution in [2.75, 3.05) is 13.1 Å². The summed E-state index contributed by atoms with van der Waals surface area (Å²) in [7, 11) is 0. The number of imidazole rings is 1. The number of hydrogen-bond donors (Lipinski definition) is 1. The van der Waals surface area contributed by atoms with Crippen LogP contribution in [0.25, 0.3) is 0 Å². The lowest BCUT2D eigenvalue weighted by molar-refractivity contribution is -0.138. The predicted octanol–water partition coefficient (Wildman–Crippen LogP) is 0.986. The van der Waals surface area contributed by atoms with Crippen LogP contribution in [0.15, 0.2) is 18.7 Å². The quantitative estimate of drug-likeness (QED) is 0.760. The Bertz CT molecular complexity index is 426. The van der Waals surface area contributed by atoms with Gasteiger partial charge in [0.2, 0.25) is 5.91 Å². The van der Waals surface area contributed by atoms with Gasteiger partial charge in [0.05, 0.1) is 12.7 Å². The van der Waals surface area contributed by atoms with Gasteiger partial charge in [-0.2, -0.15) is 0 Å². The topological polar surface area (TPSA) is 75.4 Å². The highest BCUT2D eigenvalue weighted by Gasteiger charge is 2.33. The molecule has 1 aromatic heterocycles. The highest BCUT2D eigenvalue weighted by atomic mass is 16.4. The highest BCUT2D eigenvalue weighted by Crippen LogP contribution is 2.31. The van der Waals surface area contributed by atoms with Crippen LogP contribution in [0.4, 0.5) is 0 Å². The van der Waals surface area contributed by atoms with Crippen molar-refractivity contribution in [3.05, 3.63) is 18.7 Å². The first-order valence-corrected chi connectivity index (χ1v) is 6.63. The molecule has 104 valence electrons. The van der Waals surface area contributed by atoms with E-state index >= 15 is 0 Å². The Morgan fingerprint density at radius 3 is 2.74 bits per heavy atom. The van der Waals surface area contributed by atoms with Gasteiger partial charge in [-0.1, -0.05) is 0 Å². The molecule has 6 nitrogen and oxygen atoms in total. The summed E-state index contributed by atoms with van der Waals surface area (Å²) >= 11 is 0. The van der Waals surface area contributed by atoms with Crippen LogP contribution in [0.2, 0.25) is 0 Å². The minimum Gasteiger partial charge on any atom is -0.481 e. The summed E-state index contributed by atoms with van der Waals surface area (Å²) in [6, 6.07) is 0. The van der Waals surface area contributed by atoms with E-state index in [1.807, 2.05) is 10.8 Å². The Morgan fingerprint density at radius 1 is 1.37 bits per heavy atom. The van der Waals surface area contributed by atoms with Crippen molar-refractivity contribution < 1.29 is 14.7 Å². The van der Waals surface area contributed by atoms with Crippen molar-refractivity contribution >= 4 is 11.9 Å². The number of carboxylic acids is 1. The first-order chi connectivity index (χ1) is 9.16. The minimum atomic E-state index is -0.858. The van der Waals surface area contributed by atoms with E-state index in [2.05, 4.69) is 4.98 Å². The Morgan fingerprint density at radius 2 is 2.16 bits per heavy atom. The molecule has 1 amide bonds. The molecule has 0 aromatic carbocycles. The molecule has 1 N–H and O–H groups in total. The third-order valence-corrected chi connectivity index (χ3v) is 3.24. The van der Waals surface area contributed by atoms with E-state index in [4.69, 9.17) is 5.11 Å². The van der Waals surface area contributed by atoms with E-state index in [9.17, 15) is 9.59 Å². The maximum absolute atomic E-state index is 12.0. The van der Waals surface area contributed by atoms with Crippen molar-refractivity contribution in [2.45, 2.75) is 32.2 Å². The van der Waals surface area contributed by atoms with Crippen molar-refractivity contribution in [3.63, 3.8) is 0 Å². The molecule has 0 unspecified atom stereocenters. The third kappa shape index (κ3) is 4.39. The lowest BCUT2D eigenvalue weighted by Gasteiger charge is -2.22. The summed E-state index contributed by atoms with van der Waals surface area (Å²) < 4.78 is 1.96. The normalized spacial score (nSPS) is 14.3. The number of rotatable bonds is 8. The monoisotopic (exact) mass is 265 g/mol. The lowest BCUT2D eigenvalue weighted by atomic mass is 10.2. The predicted molar refractivity (Wildman–Crippen MR) is 68.4 cm³/mol. The van der Waals surface area contributed by atoms with Gasteiger partial charge in [0, 0.05) is 37.9 Å². The molecule has 0 bridgehead atoms. The van der Waals surface area contributed by atoms with Crippen LogP contribution in [0.1, 0.15) is 25.7 Å². The molecule has 1 heterocycles. The molecule has 1 saturated carbocycles. The number of hydrogen-bond acceptors (Lipinski definition) is 3. The van der Waals surface area contributed by atoms with Crippen LogP contribution in [0, 0.1) is 5.92 Å². The summed E-state index contributed by atoms with van der Waals surface area (Å²) in [5.41, 5.74) is 0. The van der Waals surface area contributed by atoms with Gasteiger partial charge >= 0.3 is 5.97 Å². The van der Waals surface area contributed by atoms with Crippen LogP contribution in [-0.2, 0) is 16.1 Å². The smallest absolute Gasteiger partial charge is 0.305 e. The second kappa shape index (κ2) is 6.36. The number of aliphatic carboxylic acids is 1. The second-order valence-electron chi connectivity index (χ2n) is 4.90. The van der Waals surface area contributed by atoms with E-state index in [-0.39, 0.29) is 18.2 Å². The lowest BCUT2D eigenvalue weighted by Crippen LogP contribution is -2.35. The van der Waals surface area contributed by atoms with Gasteiger partial charge in [0.1, 0.15) is 0 Å². The SMILES string of the molecule is O=C(O)CCN(CCCn1ccnc1)C(=O)C1CC1. The number of carbonyl (C=O) groups excluding carboxylic acids is 1. The number of carbonyl (C=O) groups is 2. The summed E-state index contributed by atoms with van der Waals surface area (Å²) in [5, 5.41) is 8.72. The van der Waals surface area contributed by atoms with Crippen molar-refractivity contribution in [1.29, 1.82) is 0 Å². The molecule has 19 heavy (non-hydrogen) atoms. The molecule has 6 heteroatoms. The second-order valence-corrected chi connectivity index (χ2v) is 4.90. The minimum absolute atomic E-state index is 0.0174. The van der Waals surface area contributed by atoms with Gasteiger partial charge in [-0.3, -0.25) is 9.59 Å². The molecule has 0 spiro atoms. The van der Waals surface area contributed by atoms with E-state index in [0.717, 1.165) is 25.8 Å². The average molecular weight is 265 g/mol. The molecule has 1 aliphatic carbocycles. The molecular weight excluding hydrogens is 246 g/mol. The maximum atomic E-state index is 12.0. The third-order valence-electron chi connectivity index (χ3n) is 3.24. The van der Waals surface area contributed by atoms with Crippen LogP contribution < -0.4 is 0 Å². The van der Waals surface area contributed by atoms with Gasteiger partial charge in [-0.15, -0.1) is 0 Å². The number of carboxylic acid groups (broad SMARTS) is 1. The fourth-order valence-electron chi connectivity index (χ4n) is 2.01. The molecule has 0 atom stereocenters.